The molecule has 1 aromatic heterocycles. The lowest BCUT2D eigenvalue weighted by Gasteiger charge is -2.30. The molecule has 0 saturated carbocycles. The van der Waals surface area contributed by atoms with Gasteiger partial charge in [0.25, 0.3) is 0 Å². The monoisotopic (exact) mass is 363 g/mol. The van der Waals surface area contributed by atoms with E-state index in [4.69, 9.17) is 21.2 Å². The topological polar surface area (TPSA) is 96.5 Å². The average Bonchev–Trinajstić information content (AvgIpc) is 3.09. The van der Waals surface area contributed by atoms with Crippen molar-refractivity contribution in [2.75, 3.05) is 13.1 Å². The molecule has 2 aromatic rings. The normalized spacial score (nSPS) is 17.5. The van der Waals surface area contributed by atoms with Gasteiger partial charge in [-0.2, -0.15) is 4.98 Å². The van der Waals surface area contributed by atoms with Crippen LogP contribution in [-0.4, -0.2) is 45.1 Å². The van der Waals surface area contributed by atoms with E-state index in [1.54, 1.807) is 29.2 Å². The lowest BCUT2D eigenvalue weighted by molar-refractivity contribution is -0.145. The fourth-order valence-electron chi connectivity index (χ4n) is 2.85. The van der Waals surface area contributed by atoms with E-state index >= 15 is 0 Å². The molecule has 7 nitrogen and oxygen atoms in total. The van der Waals surface area contributed by atoms with Crippen molar-refractivity contribution in [1.29, 1.82) is 0 Å². The molecular formula is C17H18ClN3O4. The average molecular weight is 364 g/mol. The van der Waals surface area contributed by atoms with E-state index in [1.807, 2.05) is 0 Å². The zero-order chi connectivity index (χ0) is 17.8. The van der Waals surface area contributed by atoms with Crippen LogP contribution in [0.2, 0.25) is 5.02 Å². The molecule has 8 heteroatoms. The van der Waals surface area contributed by atoms with Gasteiger partial charge in [0.2, 0.25) is 17.6 Å². The predicted molar refractivity (Wildman–Crippen MR) is 90.0 cm³/mol. The molecule has 2 heterocycles. The number of carbonyl (C=O) groups is 2. The first-order valence-electron chi connectivity index (χ1n) is 8.12. The molecule has 0 aliphatic carbocycles. The van der Waals surface area contributed by atoms with Crippen LogP contribution in [0.15, 0.2) is 28.8 Å². The highest BCUT2D eigenvalue weighted by Crippen LogP contribution is 2.20. The Hall–Kier alpha value is -2.41. The van der Waals surface area contributed by atoms with E-state index < -0.39 is 11.9 Å². The van der Waals surface area contributed by atoms with Gasteiger partial charge in [-0.15, -0.1) is 0 Å². The van der Waals surface area contributed by atoms with E-state index in [2.05, 4.69) is 10.1 Å². The summed E-state index contributed by atoms with van der Waals surface area (Å²) in [5.41, 5.74) is 0.783. The van der Waals surface area contributed by atoms with Crippen molar-refractivity contribution in [3.63, 3.8) is 0 Å². The minimum Gasteiger partial charge on any atom is -0.481 e. The van der Waals surface area contributed by atoms with Gasteiger partial charge in [0.15, 0.2) is 0 Å². The van der Waals surface area contributed by atoms with Gasteiger partial charge >= 0.3 is 5.97 Å². The number of piperidine rings is 1. The van der Waals surface area contributed by atoms with Gasteiger partial charge in [-0.1, -0.05) is 16.8 Å². The maximum Gasteiger partial charge on any atom is 0.308 e. The van der Waals surface area contributed by atoms with Crippen LogP contribution in [0.3, 0.4) is 0 Å². The summed E-state index contributed by atoms with van der Waals surface area (Å²) in [4.78, 5) is 29.3. The van der Waals surface area contributed by atoms with Crippen LogP contribution < -0.4 is 0 Å². The quantitative estimate of drug-likeness (QED) is 0.877. The fraction of sp³-hybridized carbons (Fsp3) is 0.412. The summed E-state index contributed by atoms with van der Waals surface area (Å²) in [6, 6.07) is 7.07. The third-order valence-electron chi connectivity index (χ3n) is 4.25. The van der Waals surface area contributed by atoms with Gasteiger partial charge < -0.3 is 14.5 Å². The molecule has 25 heavy (non-hydrogen) atoms. The first-order valence-corrected chi connectivity index (χ1v) is 8.50. The van der Waals surface area contributed by atoms with Crippen molar-refractivity contribution in [2.45, 2.75) is 25.7 Å². The molecular weight excluding hydrogens is 346 g/mol. The summed E-state index contributed by atoms with van der Waals surface area (Å²) in [6.07, 6.45) is 1.87. The number of rotatable bonds is 5. The van der Waals surface area contributed by atoms with Crippen molar-refractivity contribution < 1.29 is 19.2 Å². The van der Waals surface area contributed by atoms with Crippen molar-refractivity contribution >= 4 is 23.5 Å². The minimum absolute atomic E-state index is 0.0859. The third-order valence-corrected chi connectivity index (χ3v) is 4.50. The lowest BCUT2D eigenvalue weighted by Crippen LogP contribution is -2.42. The van der Waals surface area contributed by atoms with Gasteiger partial charge in [-0.05, 0) is 37.1 Å². The van der Waals surface area contributed by atoms with Crippen LogP contribution in [0.4, 0.5) is 0 Å². The second-order valence-corrected chi connectivity index (χ2v) is 6.47. The second kappa shape index (κ2) is 7.65. The Morgan fingerprint density at radius 3 is 2.80 bits per heavy atom. The summed E-state index contributed by atoms with van der Waals surface area (Å²) < 4.78 is 5.19. The molecule has 1 aliphatic rings. The lowest BCUT2D eigenvalue weighted by atomic mass is 9.98. The Bertz CT molecular complexity index is 760. The molecule has 1 aromatic carbocycles. The van der Waals surface area contributed by atoms with Gasteiger partial charge in [0, 0.05) is 36.5 Å². The van der Waals surface area contributed by atoms with Crippen LogP contribution in [0.5, 0.6) is 0 Å². The predicted octanol–water partition coefficient (Wildman–Crippen LogP) is 2.65. The summed E-state index contributed by atoms with van der Waals surface area (Å²) in [7, 11) is 0. The van der Waals surface area contributed by atoms with Gasteiger partial charge in [0.05, 0.1) is 5.92 Å². The standard InChI is InChI=1S/C17H18ClN3O4/c18-13-5-3-11(4-6-13)16-19-14(25-20-16)7-8-15(22)21-9-1-2-12(10-21)17(23)24/h3-6,12H,1-2,7-10H2,(H,23,24)/t12-/m1/s1. The number of aliphatic carboxylic acids is 1. The third kappa shape index (κ3) is 4.36. The number of hydrogen-bond acceptors (Lipinski definition) is 5. The molecule has 0 bridgehead atoms. The van der Waals surface area contributed by atoms with E-state index in [9.17, 15) is 9.59 Å². The molecule has 1 amide bonds. The number of aryl methyl sites for hydroxylation is 1. The molecule has 1 atom stereocenters. The van der Waals surface area contributed by atoms with E-state index in [0.29, 0.717) is 42.5 Å². The number of halogens is 1. The number of carbonyl (C=O) groups excluding carboxylic acids is 1. The van der Waals surface area contributed by atoms with Crippen molar-refractivity contribution in [3.05, 3.63) is 35.2 Å². The first kappa shape index (κ1) is 17.4. The number of carboxylic acids is 1. The Balaban J connectivity index is 1.56. The number of carboxylic acid groups (broad SMARTS) is 1. The fourth-order valence-corrected chi connectivity index (χ4v) is 2.98. The molecule has 1 N–H and O–H groups in total. The Morgan fingerprint density at radius 2 is 2.08 bits per heavy atom. The number of aromatic nitrogens is 2. The van der Waals surface area contributed by atoms with E-state index in [1.165, 1.54) is 0 Å². The van der Waals surface area contributed by atoms with E-state index in [-0.39, 0.29) is 18.9 Å². The SMILES string of the molecule is O=C(O)[C@@H]1CCCN(C(=O)CCc2nc(-c3ccc(Cl)cc3)no2)C1. The highest BCUT2D eigenvalue weighted by molar-refractivity contribution is 6.30. The van der Waals surface area contributed by atoms with Crippen LogP contribution in [0, 0.1) is 5.92 Å². The summed E-state index contributed by atoms with van der Waals surface area (Å²) in [5, 5.41) is 13.6. The molecule has 1 aliphatic heterocycles. The first-order chi connectivity index (χ1) is 12.0. The van der Waals surface area contributed by atoms with E-state index in [0.717, 1.165) is 5.56 Å². The number of amides is 1. The molecule has 132 valence electrons. The van der Waals surface area contributed by atoms with Crippen LogP contribution in [0.25, 0.3) is 11.4 Å². The Kier molecular flexibility index (Phi) is 5.33. The summed E-state index contributed by atoms with van der Waals surface area (Å²) in [5.74, 6) is -0.579. The van der Waals surface area contributed by atoms with Crippen molar-refractivity contribution in [3.8, 4) is 11.4 Å². The zero-order valence-corrected chi connectivity index (χ0v) is 14.3. The molecule has 1 fully saturated rings. The molecule has 0 radical (unpaired) electrons. The van der Waals surface area contributed by atoms with Crippen LogP contribution in [-0.2, 0) is 16.0 Å². The Labute approximate surface area is 149 Å². The van der Waals surface area contributed by atoms with Crippen LogP contribution >= 0.6 is 11.6 Å². The number of nitrogens with zero attached hydrogens (tertiary/aromatic N) is 3. The van der Waals surface area contributed by atoms with Crippen LogP contribution in [0.1, 0.15) is 25.2 Å². The van der Waals surface area contributed by atoms with Gasteiger partial charge in [-0.3, -0.25) is 9.59 Å². The largest absolute Gasteiger partial charge is 0.481 e. The molecule has 3 rings (SSSR count). The maximum absolute atomic E-state index is 12.3. The zero-order valence-electron chi connectivity index (χ0n) is 13.5. The van der Waals surface area contributed by atoms with Gasteiger partial charge in [0.1, 0.15) is 0 Å². The minimum atomic E-state index is -0.845. The molecule has 0 spiro atoms. The van der Waals surface area contributed by atoms with Crippen molar-refractivity contribution in [2.24, 2.45) is 5.92 Å². The highest BCUT2D eigenvalue weighted by Gasteiger charge is 2.28. The second-order valence-electron chi connectivity index (χ2n) is 6.04. The highest BCUT2D eigenvalue weighted by atomic mass is 35.5. The number of hydrogen-bond donors (Lipinski definition) is 1. The number of benzene rings is 1. The molecule has 1 saturated heterocycles. The maximum atomic E-state index is 12.3. The summed E-state index contributed by atoms with van der Waals surface area (Å²) in [6.45, 7) is 0.872. The number of likely N-dealkylation sites (tertiary alicyclic amines) is 1. The summed E-state index contributed by atoms with van der Waals surface area (Å²) >= 11 is 5.85. The van der Waals surface area contributed by atoms with Crippen molar-refractivity contribution in [1.82, 2.24) is 15.0 Å². The molecule has 0 unspecified atom stereocenters. The van der Waals surface area contributed by atoms with Gasteiger partial charge in [-0.25, -0.2) is 0 Å². The Morgan fingerprint density at radius 1 is 1.32 bits per heavy atom. The smallest absolute Gasteiger partial charge is 0.308 e.